The molecule has 1 fully saturated rings. The lowest BCUT2D eigenvalue weighted by atomic mass is 10.1. The Labute approximate surface area is 78.3 Å². The molecule has 2 rings (SSSR count). The van der Waals surface area contributed by atoms with Gasteiger partial charge in [-0.15, -0.1) is 0 Å². The maximum Gasteiger partial charge on any atom is 0.329 e. The summed E-state index contributed by atoms with van der Waals surface area (Å²) in [6.45, 7) is 0. The van der Waals surface area contributed by atoms with Crippen molar-refractivity contribution in [1.29, 1.82) is 0 Å². The average molecular weight is 198 g/mol. The number of fused-ring (bicyclic) bond motifs is 1. The Morgan fingerprint density at radius 1 is 1.64 bits per heavy atom. The fourth-order valence-electron chi connectivity index (χ4n) is 1.19. The minimum Gasteiger partial charge on any atom is -0.355 e. The summed E-state index contributed by atoms with van der Waals surface area (Å²) >= 11 is 0. The largest absolute Gasteiger partial charge is 0.355 e. The van der Waals surface area contributed by atoms with Crippen LogP contribution in [0.1, 0.15) is 0 Å². The van der Waals surface area contributed by atoms with Crippen LogP contribution in [-0.4, -0.2) is 46.9 Å². The lowest BCUT2D eigenvalue weighted by Crippen LogP contribution is -2.83. The molecule has 0 aromatic carbocycles. The molecule has 0 aromatic heterocycles. The zero-order valence-corrected chi connectivity index (χ0v) is 7.26. The highest BCUT2D eigenvalue weighted by molar-refractivity contribution is 6.23. The van der Waals surface area contributed by atoms with E-state index in [9.17, 15) is 14.7 Å². The van der Waals surface area contributed by atoms with E-state index in [4.69, 9.17) is 0 Å². The first kappa shape index (κ1) is 8.78. The number of hydrogen-bond acceptors (Lipinski definition) is 5. The van der Waals surface area contributed by atoms with E-state index < -0.39 is 17.7 Å². The second kappa shape index (κ2) is 2.59. The van der Waals surface area contributed by atoms with Crippen molar-refractivity contribution in [2.24, 2.45) is 10.1 Å². The van der Waals surface area contributed by atoms with Crippen LogP contribution >= 0.6 is 0 Å². The van der Waals surface area contributed by atoms with Gasteiger partial charge in [0.2, 0.25) is 12.2 Å². The van der Waals surface area contributed by atoms with Gasteiger partial charge in [0.05, 0.1) is 0 Å². The van der Waals surface area contributed by atoms with Crippen molar-refractivity contribution in [3.05, 3.63) is 0 Å². The molecule has 0 aliphatic carbocycles. The molecular formula is C6H8N5O3+. The molecule has 2 aliphatic rings. The van der Waals surface area contributed by atoms with Gasteiger partial charge in [-0.2, -0.15) is 10.4 Å². The number of likely N-dealkylation sites (N-methyl/N-ethyl adjacent to an activating group) is 1. The summed E-state index contributed by atoms with van der Waals surface area (Å²) in [5.74, 6) is -0.975. The van der Waals surface area contributed by atoms with Gasteiger partial charge in [-0.05, 0) is 0 Å². The molecule has 0 spiro atoms. The van der Waals surface area contributed by atoms with Gasteiger partial charge in [0.25, 0.3) is 5.91 Å². The van der Waals surface area contributed by atoms with E-state index in [1.165, 1.54) is 18.8 Å². The minimum absolute atomic E-state index is 0.159. The Morgan fingerprint density at radius 3 is 3.07 bits per heavy atom. The second-order valence-corrected chi connectivity index (χ2v) is 2.87. The molecule has 8 heteroatoms. The van der Waals surface area contributed by atoms with Gasteiger partial charge >= 0.3 is 11.8 Å². The molecule has 1 saturated heterocycles. The number of carbonyl (C=O) groups excluding carboxylic acids is 2. The second-order valence-electron chi connectivity index (χ2n) is 2.87. The van der Waals surface area contributed by atoms with E-state index in [1.807, 2.05) is 0 Å². The molecule has 0 saturated carbocycles. The third-order valence-corrected chi connectivity index (χ3v) is 1.99. The first-order valence-electron chi connectivity index (χ1n) is 3.82. The standard InChI is InChI=1S/C6H7N5O3/c1-11-4(12)6(14)3(9-5(11)13)10-8-2-7-6/h2,14H,1H3,(H,7,8)(H,9,10,13)/p+1. The van der Waals surface area contributed by atoms with E-state index in [-0.39, 0.29) is 5.84 Å². The maximum atomic E-state index is 11.5. The number of hydrogen-bond donors (Lipinski definition) is 3. The van der Waals surface area contributed by atoms with Crippen molar-refractivity contribution in [2.75, 3.05) is 7.05 Å². The summed E-state index contributed by atoms with van der Waals surface area (Å²) in [6, 6.07) is -0.635. The molecule has 2 heterocycles. The van der Waals surface area contributed by atoms with Crippen LogP contribution in [0.5, 0.6) is 0 Å². The van der Waals surface area contributed by atoms with E-state index in [0.29, 0.717) is 0 Å². The average Bonchev–Trinajstić information content (AvgIpc) is 2.17. The van der Waals surface area contributed by atoms with Crippen molar-refractivity contribution in [3.8, 4) is 0 Å². The molecule has 4 N–H and O–H groups in total. The molecule has 8 nitrogen and oxygen atoms in total. The molecule has 1 unspecified atom stereocenters. The number of nitrogens with one attached hydrogen (secondary N) is 1. The predicted octanol–water partition coefficient (Wildman–Crippen LogP) is -3.22. The first-order valence-corrected chi connectivity index (χ1v) is 3.82. The summed E-state index contributed by atoms with van der Waals surface area (Å²) in [7, 11) is 1.25. The molecule has 0 aromatic rings. The Morgan fingerprint density at radius 2 is 2.36 bits per heavy atom. The molecule has 1 atom stereocenters. The van der Waals surface area contributed by atoms with Gasteiger partial charge < -0.3 is 5.11 Å². The van der Waals surface area contributed by atoms with Crippen molar-refractivity contribution < 1.29 is 20.1 Å². The van der Waals surface area contributed by atoms with Crippen LogP contribution in [-0.2, 0) is 4.79 Å². The topological polar surface area (TPSA) is 111 Å². The Bertz CT molecular complexity index is 376. The number of urea groups is 1. The zero-order valence-electron chi connectivity index (χ0n) is 7.26. The van der Waals surface area contributed by atoms with Gasteiger partial charge in [-0.3, -0.25) is 15.0 Å². The Kier molecular flexibility index (Phi) is 1.63. The maximum absolute atomic E-state index is 11.5. The highest BCUT2D eigenvalue weighted by atomic mass is 16.3. The fourth-order valence-corrected chi connectivity index (χ4v) is 1.19. The van der Waals surface area contributed by atoms with Gasteiger partial charge in [0.1, 0.15) is 0 Å². The van der Waals surface area contributed by atoms with E-state index in [1.54, 1.807) is 0 Å². The lowest BCUT2D eigenvalue weighted by Gasteiger charge is -2.32. The van der Waals surface area contributed by atoms with Crippen molar-refractivity contribution >= 4 is 24.1 Å². The SMILES string of the molecule is CN1C(=O)NC2=N[NH2+]C=NC2(O)C1=O. The number of amidine groups is 1. The molecule has 14 heavy (non-hydrogen) atoms. The van der Waals surface area contributed by atoms with Crippen LogP contribution in [0.4, 0.5) is 4.79 Å². The van der Waals surface area contributed by atoms with E-state index in [2.05, 4.69) is 15.4 Å². The summed E-state index contributed by atoms with van der Waals surface area (Å²) in [6.07, 6.45) is 1.20. The van der Waals surface area contributed by atoms with Crippen LogP contribution in [0.15, 0.2) is 10.1 Å². The van der Waals surface area contributed by atoms with E-state index in [0.717, 1.165) is 4.90 Å². The summed E-state index contributed by atoms with van der Waals surface area (Å²) in [4.78, 5) is 27.0. The van der Waals surface area contributed by atoms with Gasteiger partial charge in [0, 0.05) is 7.05 Å². The van der Waals surface area contributed by atoms with E-state index >= 15 is 0 Å². The quantitative estimate of drug-likeness (QED) is 0.356. The van der Waals surface area contributed by atoms with Crippen LogP contribution in [0, 0.1) is 0 Å². The number of carbonyl (C=O) groups is 2. The number of nitrogens with two attached hydrogens (primary N) is 1. The van der Waals surface area contributed by atoms with Crippen LogP contribution in [0.25, 0.3) is 0 Å². The molecule has 2 aliphatic heterocycles. The first-order chi connectivity index (χ1) is 6.55. The summed E-state index contributed by atoms with van der Waals surface area (Å²) in [5.41, 5.74) is -0.792. The zero-order chi connectivity index (χ0) is 10.3. The predicted molar refractivity (Wildman–Crippen MR) is 44.1 cm³/mol. The van der Waals surface area contributed by atoms with Crippen molar-refractivity contribution in [2.45, 2.75) is 5.72 Å². The van der Waals surface area contributed by atoms with Crippen molar-refractivity contribution in [1.82, 2.24) is 10.2 Å². The molecule has 3 amide bonds. The highest BCUT2D eigenvalue weighted by Crippen LogP contribution is 2.16. The highest BCUT2D eigenvalue weighted by Gasteiger charge is 2.52. The van der Waals surface area contributed by atoms with Gasteiger partial charge in [-0.25, -0.2) is 4.79 Å². The van der Waals surface area contributed by atoms with Crippen molar-refractivity contribution in [3.63, 3.8) is 0 Å². The minimum atomic E-state index is -2.07. The number of nitrogens with zero attached hydrogens (tertiary/aromatic N) is 3. The smallest absolute Gasteiger partial charge is 0.329 e. The van der Waals surface area contributed by atoms with Gasteiger partial charge in [0.15, 0.2) is 0 Å². The number of aliphatic hydroxyl groups is 1. The van der Waals surface area contributed by atoms with Gasteiger partial charge in [-0.1, -0.05) is 5.10 Å². The number of rotatable bonds is 0. The third kappa shape index (κ3) is 0.947. The fraction of sp³-hybridized carbons (Fsp3) is 0.333. The number of imide groups is 1. The number of aliphatic imine (C=N–C) groups is 1. The van der Waals surface area contributed by atoms with Crippen LogP contribution in [0.2, 0.25) is 0 Å². The Hall–Kier alpha value is -1.80. The molecular weight excluding hydrogens is 190 g/mol. The number of quaternary nitrogens is 1. The Balaban J connectivity index is 2.46. The summed E-state index contributed by atoms with van der Waals surface area (Å²) in [5, 5.41) is 15.7. The normalized spacial score (nSPS) is 31.0. The number of amides is 3. The summed E-state index contributed by atoms with van der Waals surface area (Å²) < 4.78 is 0. The molecule has 74 valence electrons. The lowest BCUT2D eigenvalue weighted by molar-refractivity contribution is -0.539. The molecule has 0 radical (unpaired) electrons. The third-order valence-electron chi connectivity index (χ3n) is 1.99. The van der Waals surface area contributed by atoms with Crippen LogP contribution in [0.3, 0.4) is 0 Å². The molecule has 0 bridgehead atoms. The monoisotopic (exact) mass is 198 g/mol. The van der Waals surface area contributed by atoms with Crippen LogP contribution < -0.4 is 10.7 Å².